The van der Waals surface area contributed by atoms with E-state index in [9.17, 15) is 14.4 Å². The number of imide groups is 1. The van der Waals surface area contributed by atoms with Crippen molar-refractivity contribution in [1.82, 2.24) is 10.2 Å². The molecular formula is C21H23N3O3. The first-order valence-electron chi connectivity index (χ1n) is 8.90. The summed E-state index contributed by atoms with van der Waals surface area (Å²) in [6, 6.07) is 14.1. The van der Waals surface area contributed by atoms with Crippen molar-refractivity contribution in [2.24, 2.45) is 0 Å². The third-order valence-electron chi connectivity index (χ3n) is 4.67. The van der Waals surface area contributed by atoms with Crippen molar-refractivity contribution in [2.45, 2.75) is 33.4 Å². The molecule has 1 fully saturated rings. The number of hydrogen-bond donors (Lipinski definition) is 1. The summed E-state index contributed by atoms with van der Waals surface area (Å²) in [5.41, 5.74) is 3.82. The maximum absolute atomic E-state index is 12.7. The normalized spacial score (nSPS) is 16.8. The highest BCUT2D eigenvalue weighted by atomic mass is 16.2. The summed E-state index contributed by atoms with van der Waals surface area (Å²) in [7, 11) is 0. The Morgan fingerprint density at radius 1 is 0.963 bits per heavy atom. The number of carbonyl (C=O) groups is 3. The SMILES string of the molecule is Cc1ccc(CNC(=O)CN2C(=O)C(C)N(c3ccc(C)cc3)C2=O)cc1. The smallest absolute Gasteiger partial charge is 0.332 e. The van der Waals surface area contributed by atoms with Gasteiger partial charge >= 0.3 is 6.03 Å². The quantitative estimate of drug-likeness (QED) is 0.829. The second kappa shape index (κ2) is 7.61. The van der Waals surface area contributed by atoms with E-state index in [2.05, 4.69) is 5.32 Å². The number of carbonyl (C=O) groups excluding carboxylic acids is 3. The van der Waals surface area contributed by atoms with E-state index >= 15 is 0 Å². The molecule has 1 N–H and O–H groups in total. The molecule has 0 radical (unpaired) electrons. The third kappa shape index (κ3) is 4.00. The summed E-state index contributed by atoms with van der Waals surface area (Å²) >= 11 is 0. The summed E-state index contributed by atoms with van der Waals surface area (Å²) in [6.07, 6.45) is 0. The van der Waals surface area contributed by atoms with Crippen LogP contribution in [0.1, 0.15) is 23.6 Å². The lowest BCUT2D eigenvalue weighted by molar-refractivity contribution is -0.131. The van der Waals surface area contributed by atoms with E-state index in [1.807, 2.05) is 50.2 Å². The Kier molecular flexibility index (Phi) is 5.26. The number of benzene rings is 2. The van der Waals surface area contributed by atoms with Crippen LogP contribution >= 0.6 is 0 Å². The van der Waals surface area contributed by atoms with Crippen LogP contribution in [0.4, 0.5) is 10.5 Å². The number of anilines is 1. The van der Waals surface area contributed by atoms with Crippen LogP contribution in [-0.2, 0) is 16.1 Å². The van der Waals surface area contributed by atoms with Gasteiger partial charge in [-0.25, -0.2) is 4.79 Å². The summed E-state index contributed by atoms with van der Waals surface area (Å²) in [6.45, 7) is 5.69. The molecule has 1 saturated heterocycles. The fourth-order valence-electron chi connectivity index (χ4n) is 3.02. The van der Waals surface area contributed by atoms with Gasteiger partial charge in [-0.3, -0.25) is 19.4 Å². The van der Waals surface area contributed by atoms with Crippen molar-refractivity contribution in [2.75, 3.05) is 11.4 Å². The van der Waals surface area contributed by atoms with Crippen molar-refractivity contribution in [3.05, 3.63) is 65.2 Å². The van der Waals surface area contributed by atoms with E-state index in [-0.39, 0.29) is 18.4 Å². The van der Waals surface area contributed by atoms with Gasteiger partial charge < -0.3 is 5.32 Å². The minimum absolute atomic E-state index is 0.282. The number of nitrogens with one attached hydrogen (secondary N) is 1. The number of urea groups is 1. The molecule has 1 heterocycles. The second-order valence-corrected chi connectivity index (χ2v) is 6.85. The van der Waals surface area contributed by atoms with E-state index in [1.54, 1.807) is 19.1 Å². The Hall–Kier alpha value is -3.15. The average molecular weight is 365 g/mol. The standard InChI is InChI=1S/C21H23N3O3/c1-14-4-8-17(9-5-14)12-22-19(25)13-23-20(26)16(3)24(21(23)27)18-10-6-15(2)7-11-18/h4-11,16H,12-13H2,1-3H3,(H,22,25). The minimum atomic E-state index is -0.634. The van der Waals surface area contributed by atoms with E-state index < -0.39 is 12.1 Å². The predicted octanol–water partition coefficient (Wildman–Crippen LogP) is 2.78. The Morgan fingerprint density at radius 2 is 1.52 bits per heavy atom. The molecule has 4 amide bonds. The molecule has 0 aromatic heterocycles. The molecule has 1 aliphatic heterocycles. The van der Waals surface area contributed by atoms with Crippen molar-refractivity contribution >= 4 is 23.5 Å². The molecule has 140 valence electrons. The van der Waals surface area contributed by atoms with Crippen LogP contribution in [0, 0.1) is 13.8 Å². The van der Waals surface area contributed by atoms with Gasteiger partial charge in [0.25, 0.3) is 5.91 Å². The van der Waals surface area contributed by atoms with Crippen LogP contribution in [-0.4, -0.2) is 35.3 Å². The summed E-state index contributed by atoms with van der Waals surface area (Å²) in [5.74, 6) is -0.735. The fourth-order valence-corrected chi connectivity index (χ4v) is 3.02. The van der Waals surface area contributed by atoms with Crippen LogP contribution in [0.15, 0.2) is 48.5 Å². The first-order chi connectivity index (χ1) is 12.9. The molecule has 2 aromatic carbocycles. The first kappa shape index (κ1) is 18.6. The summed E-state index contributed by atoms with van der Waals surface area (Å²) in [4.78, 5) is 39.9. The molecule has 27 heavy (non-hydrogen) atoms. The van der Waals surface area contributed by atoms with Gasteiger partial charge in [0.2, 0.25) is 5.91 Å². The van der Waals surface area contributed by atoms with Gasteiger partial charge in [-0.05, 0) is 38.5 Å². The zero-order valence-electron chi connectivity index (χ0n) is 15.7. The Balaban J connectivity index is 1.64. The van der Waals surface area contributed by atoms with Crippen molar-refractivity contribution < 1.29 is 14.4 Å². The highest BCUT2D eigenvalue weighted by Gasteiger charge is 2.43. The Labute approximate surface area is 158 Å². The summed E-state index contributed by atoms with van der Waals surface area (Å²) < 4.78 is 0. The maximum atomic E-state index is 12.7. The largest absolute Gasteiger partial charge is 0.350 e. The second-order valence-electron chi connectivity index (χ2n) is 6.85. The Morgan fingerprint density at radius 3 is 2.11 bits per heavy atom. The number of hydrogen-bond acceptors (Lipinski definition) is 3. The molecule has 0 spiro atoms. The lowest BCUT2D eigenvalue weighted by Crippen LogP contribution is -2.41. The predicted molar refractivity (Wildman–Crippen MR) is 103 cm³/mol. The lowest BCUT2D eigenvalue weighted by Gasteiger charge is -2.19. The van der Waals surface area contributed by atoms with Gasteiger partial charge in [-0.15, -0.1) is 0 Å². The molecule has 0 saturated carbocycles. The number of aryl methyl sites for hydroxylation is 2. The molecular weight excluding hydrogens is 342 g/mol. The first-order valence-corrected chi connectivity index (χ1v) is 8.90. The zero-order valence-corrected chi connectivity index (χ0v) is 15.7. The molecule has 1 atom stereocenters. The number of nitrogens with zero attached hydrogens (tertiary/aromatic N) is 2. The molecule has 6 heteroatoms. The highest BCUT2D eigenvalue weighted by molar-refractivity contribution is 6.15. The van der Waals surface area contributed by atoms with Gasteiger partial charge in [0.05, 0.1) is 0 Å². The van der Waals surface area contributed by atoms with E-state index in [4.69, 9.17) is 0 Å². The van der Waals surface area contributed by atoms with Gasteiger partial charge in [-0.1, -0.05) is 47.5 Å². The zero-order chi connectivity index (χ0) is 19.6. The van der Waals surface area contributed by atoms with E-state index in [0.717, 1.165) is 21.6 Å². The summed E-state index contributed by atoms with van der Waals surface area (Å²) in [5, 5.41) is 2.76. The molecule has 6 nitrogen and oxygen atoms in total. The van der Waals surface area contributed by atoms with Gasteiger partial charge in [0, 0.05) is 12.2 Å². The topological polar surface area (TPSA) is 69.7 Å². The van der Waals surface area contributed by atoms with Crippen LogP contribution in [0.3, 0.4) is 0 Å². The van der Waals surface area contributed by atoms with Crippen molar-refractivity contribution in [3.8, 4) is 0 Å². The van der Waals surface area contributed by atoms with Crippen molar-refractivity contribution in [3.63, 3.8) is 0 Å². The monoisotopic (exact) mass is 365 g/mol. The van der Waals surface area contributed by atoms with Crippen molar-refractivity contribution in [1.29, 1.82) is 0 Å². The van der Waals surface area contributed by atoms with Gasteiger partial charge in [0.1, 0.15) is 12.6 Å². The third-order valence-corrected chi connectivity index (χ3v) is 4.67. The van der Waals surface area contributed by atoms with E-state index in [1.165, 1.54) is 4.90 Å². The molecule has 3 rings (SSSR count). The molecule has 1 unspecified atom stereocenters. The molecule has 2 aromatic rings. The van der Waals surface area contributed by atoms with Crippen LogP contribution in [0.2, 0.25) is 0 Å². The minimum Gasteiger partial charge on any atom is -0.350 e. The molecule has 0 bridgehead atoms. The van der Waals surface area contributed by atoms with Crippen LogP contribution in [0.5, 0.6) is 0 Å². The lowest BCUT2D eigenvalue weighted by atomic mass is 10.1. The average Bonchev–Trinajstić information content (AvgIpc) is 2.86. The van der Waals surface area contributed by atoms with Gasteiger partial charge in [-0.2, -0.15) is 0 Å². The Bertz CT molecular complexity index is 859. The van der Waals surface area contributed by atoms with Crippen LogP contribution in [0.25, 0.3) is 0 Å². The highest BCUT2D eigenvalue weighted by Crippen LogP contribution is 2.25. The molecule has 0 aliphatic carbocycles. The van der Waals surface area contributed by atoms with Crippen LogP contribution < -0.4 is 10.2 Å². The maximum Gasteiger partial charge on any atom is 0.332 e. The number of rotatable bonds is 5. The number of amides is 4. The molecule has 1 aliphatic rings. The van der Waals surface area contributed by atoms with Gasteiger partial charge in [0.15, 0.2) is 0 Å². The van der Waals surface area contributed by atoms with E-state index in [0.29, 0.717) is 12.2 Å². The fraction of sp³-hybridized carbons (Fsp3) is 0.286.